The minimum Gasteiger partial charge on any atom is -0.393 e. The van der Waals surface area contributed by atoms with Gasteiger partial charge in [-0.15, -0.1) is 0 Å². The maximum absolute atomic E-state index is 11.7. The Bertz CT molecular complexity index is 594. The Kier molecular flexibility index (Phi) is 4.98. The van der Waals surface area contributed by atoms with E-state index in [0.717, 1.165) is 12.8 Å². The van der Waals surface area contributed by atoms with E-state index >= 15 is 0 Å². The zero-order valence-corrected chi connectivity index (χ0v) is 17.6. The van der Waals surface area contributed by atoms with E-state index in [0.29, 0.717) is 24.7 Å². The molecular weight excluding hydrogens is 324 g/mol. The van der Waals surface area contributed by atoms with Crippen LogP contribution in [-0.2, 0) is 9.53 Å². The van der Waals surface area contributed by atoms with Gasteiger partial charge in [-0.2, -0.15) is 0 Å². The van der Waals surface area contributed by atoms with E-state index in [1.807, 2.05) is 13.0 Å². The zero-order chi connectivity index (χ0) is 19.4. The summed E-state index contributed by atoms with van der Waals surface area (Å²) in [5, 5.41) is 11.2. The molecule has 0 aromatic heterocycles. The Morgan fingerprint density at radius 2 is 1.85 bits per heavy atom. The predicted octanol–water partition coefficient (Wildman–Crippen LogP) is 5.06. The minimum absolute atomic E-state index is 0.123. The van der Waals surface area contributed by atoms with Crippen LogP contribution in [-0.4, -0.2) is 28.2 Å². The van der Waals surface area contributed by atoms with Crippen LogP contribution in [0.1, 0.15) is 86.5 Å². The van der Waals surface area contributed by atoms with Crippen LogP contribution in [0, 0.1) is 22.7 Å². The number of rotatable bonds is 3. The molecule has 1 saturated heterocycles. The average Bonchev–Trinajstić information content (AvgIpc) is 2.50. The topological polar surface area (TPSA) is 46.5 Å². The van der Waals surface area contributed by atoms with Crippen molar-refractivity contribution in [3.8, 4) is 0 Å². The van der Waals surface area contributed by atoms with Crippen molar-refractivity contribution < 1.29 is 14.6 Å². The number of carbonyl (C=O) groups excluding carboxylic acids is 1. The molecule has 1 N–H and O–H groups in total. The molecule has 1 heterocycles. The molecule has 6 atom stereocenters. The van der Waals surface area contributed by atoms with E-state index in [1.54, 1.807) is 6.08 Å². The van der Waals surface area contributed by atoms with Crippen molar-refractivity contribution in [2.45, 2.75) is 104 Å². The molecule has 26 heavy (non-hydrogen) atoms. The highest BCUT2D eigenvalue weighted by Gasteiger charge is 2.64. The molecule has 3 aliphatic rings. The summed E-state index contributed by atoms with van der Waals surface area (Å²) in [7, 11) is 0. The number of aliphatic hydroxyl groups is 1. The molecule has 0 aromatic rings. The van der Waals surface area contributed by atoms with Gasteiger partial charge in [0.05, 0.1) is 17.3 Å². The van der Waals surface area contributed by atoms with Crippen molar-refractivity contribution in [1.82, 2.24) is 0 Å². The number of aliphatic hydroxyl groups excluding tert-OH is 1. The molecule has 0 radical (unpaired) electrons. The summed E-state index contributed by atoms with van der Waals surface area (Å²) in [6, 6.07) is 0. The monoisotopic (exact) mass is 362 g/mol. The van der Waals surface area contributed by atoms with Crippen molar-refractivity contribution in [3.63, 3.8) is 0 Å². The Hall–Kier alpha value is -0.670. The summed E-state index contributed by atoms with van der Waals surface area (Å²) in [6.45, 7) is 13.3. The van der Waals surface area contributed by atoms with Crippen LogP contribution in [0.4, 0.5) is 0 Å². The van der Waals surface area contributed by atoms with Crippen LogP contribution in [0.5, 0.6) is 0 Å². The second-order valence-electron chi connectivity index (χ2n) is 10.6. The van der Waals surface area contributed by atoms with E-state index in [1.165, 1.54) is 19.3 Å². The van der Waals surface area contributed by atoms with E-state index in [9.17, 15) is 9.90 Å². The van der Waals surface area contributed by atoms with Gasteiger partial charge in [0.15, 0.2) is 5.78 Å². The van der Waals surface area contributed by atoms with Crippen LogP contribution in [0.3, 0.4) is 0 Å². The summed E-state index contributed by atoms with van der Waals surface area (Å²) in [6.07, 6.45) is 10.2. The van der Waals surface area contributed by atoms with Crippen LogP contribution in [0.2, 0.25) is 0 Å². The van der Waals surface area contributed by atoms with Crippen LogP contribution in [0.25, 0.3) is 0 Å². The largest absolute Gasteiger partial charge is 0.393 e. The molecule has 2 saturated carbocycles. The van der Waals surface area contributed by atoms with Gasteiger partial charge in [-0.25, -0.2) is 0 Å². The van der Waals surface area contributed by atoms with Crippen molar-refractivity contribution >= 4 is 5.78 Å². The first-order chi connectivity index (χ1) is 12.0. The minimum atomic E-state index is -0.414. The second-order valence-corrected chi connectivity index (χ2v) is 10.6. The molecule has 0 unspecified atom stereocenters. The highest BCUT2D eigenvalue weighted by molar-refractivity contribution is 5.89. The molecule has 3 fully saturated rings. The molecule has 1 aliphatic heterocycles. The standard InChI is InChI=1S/C23H38O3/c1-7-16(24)9-13-21(4)14-10-18-22(5)12-8-11-20(2,3)19(22)17(25)15-23(18,6)26-21/h9,13,17-19,25H,7-8,10-12,14-15H2,1-6H3/b13-9+/t17-,18-,19+,21+,22+,23+/m0/s1. The Labute approximate surface area is 159 Å². The lowest BCUT2D eigenvalue weighted by atomic mass is 9.43. The molecule has 148 valence electrons. The summed E-state index contributed by atoms with van der Waals surface area (Å²) in [5.74, 6) is 0.949. The molecule has 0 aromatic carbocycles. The molecule has 0 bridgehead atoms. The normalized spacial score (nSPS) is 48.0. The predicted molar refractivity (Wildman–Crippen MR) is 105 cm³/mol. The number of carbonyl (C=O) groups is 1. The van der Waals surface area contributed by atoms with Crippen molar-refractivity contribution in [2.75, 3.05) is 0 Å². The van der Waals surface area contributed by atoms with Gasteiger partial charge in [-0.05, 0) is 74.3 Å². The molecule has 0 amide bonds. The molecular formula is C23H38O3. The molecule has 3 rings (SSSR count). The molecule has 3 heteroatoms. The Morgan fingerprint density at radius 3 is 2.50 bits per heavy atom. The fourth-order valence-electron chi connectivity index (χ4n) is 7.12. The number of allylic oxidation sites excluding steroid dienone is 1. The van der Waals surface area contributed by atoms with Crippen LogP contribution in [0.15, 0.2) is 12.2 Å². The fourth-order valence-corrected chi connectivity index (χ4v) is 7.12. The third kappa shape index (κ3) is 3.20. The number of hydrogen-bond acceptors (Lipinski definition) is 3. The van der Waals surface area contributed by atoms with Gasteiger partial charge in [-0.3, -0.25) is 4.79 Å². The van der Waals surface area contributed by atoms with Crippen LogP contribution >= 0.6 is 0 Å². The maximum atomic E-state index is 11.7. The lowest BCUT2D eigenvalue weighted by Gasteiger charge is -2.66. The van der Waals surface area contributed by atoms with Crippen molar-refractivity contribution in [1.29, 1.82) is 0 Å². The highest BCUT2D eigenvalue weighted by atomic mass is 16.5. The quantitative estimate of drug-likeness (QED) is 0.714. The Balaban J connectivity index is 1.90. The summed E-state index contributed by atoms with van der Waals surface area (Å²) < 4.78 is 6.71. The maximum Gasteiger partial charge on any atom is 0.155 e. The fraction of sp³-hybridized carbons (Fsp3) is 0.870. The smallest absolute Gasteiger partial charge is 0.155 e. The molecule has 3 nitrogen and oxygen atoms in total. The van der Waals surface area contributed by atoms with Gasteiger partial charge in [0.25, 0.3) is 0 Å². The summed E-state index contributed by atoms with van der Waals surface area (Å²) in [5.41, 5.74) is -0.436. The first-order valence-corrected chi connectivity index (χ1v) is 10.6. The number of ether oxygens (including phenoxy) is 1. The van der Waals surface area contributed by atoms with Crippen molar-refractivity contribution in [3.05, 3.63) is 12.2 Å². The van der Waals surface area contributed by atoms with E-state index in [4.69, 9.17) is 4.74 Å². The molecule has 2 aliphatic carbocycles. The lowest BCUT2D eigenvalue weighted by molar-refractivity contribution is -0.277. The van der Waals surface area contributed by atoms with Gasteiger partial charge in [0, 0.05) is 12.8 Å². The number of fused-ring (bicyclic) bond motifs is 3. The average molecular weight is 363 g/mol. The summed E-state index contributed by atoms with van der Waals surface area (Å²) in [4.78, 5) is 11.7. The first kappa shape index (κ1) is 20.1. The van der Waals surface area contributed by atoms with E-state index in [-0.39, 0.29) is 28.3 Å². The van der Waals surface area contributed by atoms with E-state index in [2.05, 4.69) is 34.6 Å². The zero-order valence-electron chi connectivity index (χ0n) is 17.6. The third-order valence-electron chi connectivity index (χ3n) is 7.99. The van der Waals surface area contributed by atoms with E-state index < -0.39 is 5.60 Å². The van der Waals surface area contributed by atoms with Crippen molar-refractivity contribution in [2.24, 2.45) is 22.7 Å². The van der Waals surface area contributed by atoms with Gasteiger partial charge < -0.3 is 9.84 Å². The van der Waals surface area contributed by atoms with Crippen LogP contribution < -0.4 is 0 Å². The molecule has 0 spiro atoms. The van der Waals surface area contributed by atoms with Gasteiger partial charge in [0.2, 0.25) is 0 Å². The highest BCUT2D eigenvalue weighted by Crippen LogP contribution is 2.65. The van der Waals surface area contributed by atoms with Gasteiger partial charge in [0.1, 0.15) is 0 Å². The second kappa shape index (κ2) is 6.44. The summed E-state index contributed by atoms with van der Waals surface area (Å²) >= 11 is 0. The number of hydrogen-bond donors (Lipinski definition) is 1. The first-order valence-electron chi connectivity index (χ1n) is 10.6. The lowest BCUT2D eigenvalue weighted by Crippen LogP contribution is -2.66. The van der Waals surface area contributed by atoms with Gasteiger partial charge >= 0.3 is 0 Å². The number of ketones is 1. The third-order valence-corrected chi connectivity index (χ3v) is 7.99. The van der Waals surface area contributed by atoms with Gasteiger partial charge in [-0.1, -0.05) is 34.1 Å². The Morgan fingerprint density at radius 1 is 1.15 bits per heavy atom. The SMILES string of the molecule is CCC(=O)/C=C/[C@]1(C)CC[C@H]2[C@@]3(C)CCCC(C)(C)[C@H]3[C@@H](O)C[C@@]2(C)O1.